The second-order valence-corrected chi connectivity index (χ2v) is 4.87. The van der Waals surface area contributed by atoms with Crippen LogP contribution in [0.25, 0.3) is 0 Å². The van der Waals surface area contributed by atoms with Gasteiger partial charge in [0.25, 0.3) is 0 Å². The van der Waals surface area contributed by atoms with Crippen LogP contribution in [-0.4, -0.2) is 15.8 Å². The Morgan fingerprint density at radius 1 is 1.35 bits per heavy atom. The Bertz CT molecular complexity index is 530. The molecule has 0 bridgehead atoms. The first kappa shape index (κ1) is 10.4. The van der Waals surface area contributed by atoms with Gasteiger partial charge >= 0.3 is 0 Å². The molecule has 2 heterocycles. The standard InChI is InChI=1S/C14H17N3/c1-10-7-13(11-8-15-17(2)9-11)12-5-3-4-6-14(12)16-10/h3-6,8-10,13,16H,7H2,1-2H3. The number of aryl methyl sites for hydroxylation is 1. The molecular weight excluding hydrogens is 210 g/mol. The molecule has 0 aliphatic carbocycles. The summed E-state index contributed by atoms with van der Waals surface area (Å²) in [6, 6.07) is 9.08. The minimum Gasteiger partial charge on any atom is -0.382 e. The molecule has 0 saturated carbocycles. The fourth-order valence-electron chi connectivity index (χ4n) is 2.67. The van der Waals surface area contributed by atoms with Crippen molar-refractivity contribution in [2.24, 2.45) is 7.05 Å². The monoisotopic (exact) mass is 227 g/mol. The van der Waals surface area contributed by atoms with Gasteiger partial charge in [-0.2, -0.15) is 5.10 Å². The molecule has 0 saturated heterocycles. The first-order valence-corrected chi connectivity index (χ1v) is 6.08. The summed E-state index contributed by atoms with van der Waals surface area (Å²) < 4.78 is 1.88. The molecule has 2 unspecified atom stereocenters. The zero-order chi connectivity index (χ0) is 11.8. The molecule has 3 nitrogen and oxygen atoms in total. The molecule has 17 heavy (non-hydrogen) atoms. The van der Waals surface area contributed by atoms with E-state index in [0.29, 0.717) is 12.0 Å². The first-order chi connectivity index (χ1) is 8.24. The van der Waals surface area contributed by atoms with Crippen molar-refractivity contribution in [2.75, 3.05) is 5.32 Å². The Morgan fingerprint density at radius 3 is 2.94 bits per heavy atom. The summed E-state index contributed by atoms with van der Waals surface area (Å²) in [5.74, 6) is 0.469. The van der Waals surface area contributed by atoms with Crippen molar-refractivity contribution in [3.05, 3.63) is 47.8 Å². The summed E-state index contributed by atoms with van der Waals surface area (Å²) >= 11 is 0. The van der Waals surface area contributed by atoms with Gasteiger partial charge in [0.2, 0.25) is 0 Å². The molecule has 1 aromatic carbocycles. The van der Waals surface area contributed by atoms with Crippen LogP contribution in [0.3, 0.4) is 0 Å². The molecule has 1 N–H and O–H groups in total. The van der Waals surface area contributed by atoms with Crippen LogP contribution in [0.1, 0.15) is 30.4 Å². The molecule has 88 valence electrons. The zero-order valence-electron chi connectivity index (χ0n) is 10.2. The van der Waals surface area contributed by atoms with Crippen molar-refractivity contribution in [1.82, 2.24) is 9.78 Å². The molecule has 0 radical (unpaired) electrons. The molecule has 0 spiro atoms. The van der Waals surface area contributed by atoms with Crippen LogP contribution in [0.4, 0.5) is 5.69 Å². The normalized spacial score (nSPS) is 22.9. The molecule has 0 fully saturated rings. The van der Waals surface area contributed by atoms with Gasteiger partial charge in [-0.15, -0.1) is 0 Å². The Kier molecular flexibility index (Phi) is 2.39. The third-order valence-electron chi connectivity index (χ3n) is 3.45. The van der Waals surface area contributed by atoms with E-state index >= 15 is 0 Å². The molecule has 2 atom stereocenters. The van der Waals surface area contributed by atoms with Crippen molar-refractivity contribution in [1.29, 1.82) is 0 Å². The van der Waals surface area contributed by atoms with Crippen LogP contribution in [-0.2, 0) is 7.05 Å². The molecule has 3 heteroatoms. The topological polar surface area (TPSA) is 29.9 Å². The fraction of sp³-hybridized carbons (Fsp3) is 0.357. The van der Waals surface area contributed by atoms with Crippen LogP contribution in [0.2, 0.25) is 0 Å². The third kappa shape index (κ3) is 1.82. The lowest BCUT2D eigenvalue weighted by Gasteiger charge is -2.30. The maximum Gasteiger partial charge on any atom is 0.0527 e. The van der Waals surface area contributed by atoms with Crippen LogP contribution >= 0.6 is 0 Å². The van der Waals surface area contributed by atoms with Gasteiger partial charge in [0, 0.05) is 30.9 Å². The van der Waals surface area contributed by atoms with E-state index in [1.807, 2.05) is 17.9 Å². The average Bonchev–Trinajstić information content (AvgIpc) is 2.74. The largest absolute Gasteiger partial charge is 0.382 e. The van der Waals surface area contributed by atoms with Gasteiger partial charge in [0.15, 0.2) is 0 Å². The van der Waals surface area contributed by atoms with Gasteiger partial charge in [-0.3, -0.25) is 4.68 Å². The SMILES string of the molecule is CC1CC(c2cnn(C)c2)c2ccccc2N1. The van der Waals surface area contributed by atoms with E-state index in [2.05, 4.69) is 47.8 Å². The van der Waals surface area contributed by atoms with E-state index in [4.69, 9.17) is 0 Å². The Morgan fingerprint density at radius 2 is 2.18 bits per heavy atom. The minimum absolute atomic E-state index is 0.469. The van der Waals surface area contributed by atoms with Gasteiger partial charge in [0.05, 0.1) is 6.20 Å². The minimum atomic E-state index is 0.469. The summed E-state index contributed by atoms with van der Waals surface area (Å²) in [6.45, 7) is 2.24. The summed E-state index contributed by atoms with van der Waals surface area (Å²) in [4.78, 5) is 0. The van der Waals surface area contributed by atoms with E-state index in [1.165, 1.54) is 16.8 Å². The van der Waals surface area contributed by atoms with Crippen LogP contribution in [0.15, 0.2) is 36.7 Å². The molecular formula is C14H17N3. The van der Waals surface area contributed by atoms with Crippen molar-refractivity contribution in [3.63, 3.8) is 0 Å². The number of fused-ring (bicyclic) bond motifs is 1. The van der Waals surface area contributed by atoms with Gasteiger partial charge in [-0.05, 0) is 30.5 Å². The lowest BCUT2D eigenvalue weighted by atomic mass is 9.84. The summed E-state index contributed by atoms with van der Waals surface area (Å²) in [5.41, 5.74) is 3.96. The molecule has 1 aliphatic rings. The molecule has 2 aromatic rings. The molecule has 0 amide bonds. The number of hydrogen-bond acceptors (Lipinski definition) is 2. The smallest absolute Gasteiger partial charge is 0.0527 e. The Balaban J connectivity index is 2.06. The van der Waals surface area contributed by atoms with Gasteiger partial charge in [0.1, 0.15) is 0 Å². The lowest BCUT2D eigenvalue weighted by molar-refractivity contribution is 0.614. The van der Waals surface area contributed by atoms with E-state index in [-0.39, 0.29) is 0 Å². The highest BCUT2D eigenvalue weighted by Gasteiger charge is 2.25. The quantitative estimate of drug-likeness (QED) is 0.811. The van der Waals surface area contributed by atoms with Gasteiger partial charge in [-0.1, -0.05) is 18.2 Å². The number of rotatable bonds is 1. The number of benzene rings is 1. The average molecular weight is 227 g/mol. The highest BCUT2D eigenvalue weighted by Crippen LogP contribution is 2.38. The molecule has 1 aromatic heterocycles. The van der Waals surface area contributed by atoms with Crippen molar-refractivity contribution >= 4 is 5.69 Å². The predicted molar refractivity (Wildman–Crippen MR) is 69.2 cm³/mol. The fourth-order valence-corrected chi connectivity index (χ4v) is 2.67. The third-order valence-corrected chi connectivity index (χ3v) is 3.45. The number of nitrogens with zero attached hydrogens (tertiary/aromatic N) is 2. The van der Waals surface area contributed by atoms with E-state index < -0.39 is 0 Å². The number of aromatic nitrogens is 2. The lowest BCUT2D eigenvalue weighted by Crippen LogP contribution is -2.25. The van der Waals surface area contributed by atoms with Gasteiger partial charge in [-0.25, -0.2) is 0 Å². The van der Waals surface area contributed by atoms with Crippen LogP contribution in [0.5, 0.6) is 0 Å². The Hall–Kier alpha value is -1.77. The number of anilines is 1. The molecule has 1 aliphatic heterocycles. The van der Waals surface area contributed by atoms with E-state index in [9.17, 15) is 0 Å². The molecule has 3 rings (SSSR count). The summed E-state index contributed by atoms with van der Waals surface area (Å²) in [6.07, 6.45) is 5.24. The highest BCUT2D eigenvalue weighted by molar-refractivity contribution is 5.57. The maximum absolute atomic E-state index is 4.29. The zero-order valence-corrected chi connectivity index (χ0v) is 10.2. The second kappa shape index (κ2) is 3.91. The summed E-state index contributed by atoms with van der Waals surface area (Å²) in [5, 5.41) is 7.83. The van der Waals surface area contributed by atoms with Crippen molar-refractivity contribution in [2.45, 2.75) is 25.3 Å². The van der Waals surface area contributed by atoms with E-state index in [1.54, 1.807) is 0 Å². The van der Waals surface area contributed by atoms with Crippen LogP contribution < -0.4 is 5.32 Å². The van der Waals surface area contributed by atoms with E-state index in [0.717, 1.165) is 6.42 Å². The summed E-state index contributed by atoms with van der Waals surface area (Å²) in [7, 11) is 1.97. The number of hydrogen-bond donors (Lipinski definition) is 1. The van der Waals surface area contributed by atoms with Crippen molar-refractivity contribution < 1.29 is 0 Å². The number of nitrogens with one attached hydrogen (secondary N) is 1. The highest BCUT2D eigenvalue weighted by atomic mass is 15.2. The maximum atomic E-state index is 4.29. The van der Waals surface area contributed by atoms with Crippen molar-refractivity contribution in [3.8, 4) is 0 Å². The van der Waals surface area contributed by atoms with Gasteiger partial charge < -0.3 is 5.32 Å². The second-order valence-electron chi connectivity index (χ2n) is 4.87. The first-order valence-electron chi connectivity index (χ1n) is 6.08. The van der Waals surface area contributed by atoms with Crippen LogP contribution in [0, 0.1) is 0 Å². The number of para-hydroxylation sites is 1. The predicted octanol–water partition coefficient (Wildman–Crippen LogP) is 2.76. The Labute approximate surface area is 101 Å².